The average molecular weight is 468 g/mol. The molecule has 33 heavy (non-hydrogen) atoms. The van der Waals surface area contributed by atoms with Gasteiger partial charge in [0.15, 0.2) is 0 Å². The average Bonchev–Trinajstić information content (AvgIpc) is 2.80. The number of hydrogen-bond acceptors (Lipinski definition) is 6. The maximum Gasteiger partial charge on any atom is 0.416 e. The number of aliphatic hydroxyl groups is 1. The van der Waals surface area contributed by atoms with E-state index in [2.05, 4.69) is 15.4 Å². The van der Waals surface area contributed by atoms with Gasteiger partial charge in [-0.1, -0.05) is 42.5 Å². The molecule has 2 rings (SSSR count). The van der Waals surface area contributed by atoms with Crippen molar-refractivity contribution in [2.45, 2.75) is 31.3 Å². The number of alkyl halides is 3. The first-order valence-corrected chi connectivity index (χ1v) is 9.76. The number of alkyl carbamates (subject to hydrolysis) is 1. The van der Waals surface area contributed by atoms with Crippen molar-refractivity contribution in [3.63, 3.8) is 0 Å². The van der Waals surface area contributed by atoms with Crippen LogP contribution >= 0.6 is 0 Å². The van der Waals surface area contributed by atoms with E-state index in [1.807, 2.05) is 0 Å². The molecule has 0 saturated heterocycles. The van der Waals surface area contributed by atoms with Crippen LogP contribution in [0, 0.1) is 0 Å². The molecule has 0 saturated carbocycles. The van der Waals surface area contributed by atoms with E-state index in [1.54, 1.807) is 30.3 Å². The Hall–Kier alpha value is -3.60. The monoisotopic (exact) mass is 468 g/mol. The summed E-state index contributed by atoms with van der Waals surface area (Å²) in [5.41, 5.74) is 0.179. The number of carbonyl (C=O) groups excluding carboxylic acids is 3. The van der Waals surface area contributed by atoms with E-state index >= 15 is 0 Å². The number of hydrogen-bond donors (Lipinski definition) is 3. The number of amides is 2. The van der Waals surface area contributed by atoms with E-state index in [-0.39, 0.29) is 13.0 Å². The number of nitrogens with one attached hydrogen (secondary N) is 2. The molecule has 0 spiro atoms. The van der Waals surface area contributed by atoms with Crippen LogP contribution in [0.1, 0.15) is 16.7 Å². The van der Waals surface area contributed by atoms with Crippen molar-refractivity contribution >= 4 is 18.0 Å². The van der Waals surface area contributed by atoms with Gasteiger partial charge in [-0.15, -0.1) is 0 Å². The second-order valence-corrected chi connectivity index (χ2v) is 6.92. The summed E-state index contributed by atoms with van der Waals surface area (Å²) in [6, 6.07) is 10.1. The minimum absolute atomic E-state index is 0.0643. The Kier molecular flexibility index (Phi) is 9.22. The summed E-state index contributed by atoms with van der Waals surface area (Å²) >= 11 is 0. The van der Waals surface area contributed by atoms with Crippen LogP contribution in [0.3, 0.4) is 0 Å². The van der Waals surface area contributed by atoms with Crippen LogP contribution in [0.5, 0.6) is 0 Å². The van der Waals surface area contributed by atoms with Gasteiger partial charge >= 0.3 is 18.2 Å². The van der Waals surface area contributed by atoms with Gasteiger partial charge in [0.05, 0.1) is 19.3 Å². The van der Waals surface area contributed by atoms with Crippen molar-refractivity contribution in [2.24, 2.45) is 0 Å². The Morgan fingerprint density at radius 2 is 1.58 bits per heavy atom. The molecule has 0 unspecified atom stereocenters. The van der Waals surface area contributed by atoms with Gasteiger partial charge < -0.3 is 25.2 Å². The molecule has 0 radical (unpaired) electrons. The van der Waals surface area contributed by atoms with E-state index in [1.165, 1.54) is 12.1 Å². The zero-order valence-electron chi connectivity index (χ0n) is 17.6. The number of methoxy groups -OCH3 is 1. The molecular formula is C22H23F3N2O6. The van der Waals surface area contributed by atoms with Gasteiger partial charge in [-0.05, 0) is 23.3 Å². The lowest BCUT2D eigenvalue weighted by Crippen LogP contribution is -2.54. The molecule has 2 aromatic carbocycles. The number of benzene rings is 2. The molecule has 0 heterocycles. The first-order valence-electron chi connectivity index (χ1n) is 9.76. The SMILES string of the molecule is COC(=O)[C@@H](Cc1ccc(C(F)(F)F)cc1)NC(=O)[C@H](CO)NC(=O)OCc1ccccc1. The highest BCUT2D eigenvalue weighted by Crippen LogP contribution is 2.29. The summed E-state index contributed by atoms with van der Waals surface area (Å²) in [7, 11) is 1.08. The van der Waals surface area contributed by atoms with Gasteiger partial charge in [-0.3, -0.25) is 4.79 Å². The smallest absolute Gasteiger partial charge is 0.416 e. The van der Waals surface area contributed by atoms with Crippen LogP contribution in [-0.4, -0.2) is 48.9 Å². The standard InChI is InChI=1S/C22H23F3N2O6/c1-32-20(30)17(11-14-7-9-16(10-8-14)22(23,24)25)26-19(29)18(12-28)27-21(31)33-13-15-5-3-2-4-6-15/h2-10,17-18,28H,11-13H2,1H3,(H,26,29)(H,27,31)/t17-,18+/m1/s1. The van der Waals surface area contributed by atoms with Gasteiger partial charge in [0, 0.05) is 6.42 Å². The molecule has 0 bridgehead atoms. The van der Waals surface area contributed by atoms with Crippen molar-refractivity contribution in [2.75, 3.05) is 13.7 Å². The fourth-order valence-corrected chi connectivity index (χ4v) is 2.77. The summed E-state index contributed by atoms with van der Waals surface area (Å²) in [5.74, 6) is -1.76. The van der Waals surface area contributed by atoms with Crippen LogP contribution in [0.25, 0.3) is 0 Å². The summed E-state index contributed by atoms with van der Waals surface area (Å²) < 4.78 is 47.8. The van der Waals surface area contributed by atoms with Gasteiger partial charge in [0.25, 0.3) is 0 Å². The van der Waals surface area contributed by atoms with Crippen molar-refractivity contribution in [1.82, 2.24) is 10.6 Å². The topological polar surface area (TPSA) is 114 Å². The molecule has 0 fully saturated rings. The predicted octanol–water partition coefficient (Wildman–Crippen LogP) is 2.19. The van der Waals surface area contributed by atoms with Crippen LogP contribution in [0.15, 0.2) is 54.6 Å². The lowest BCUT2D eigenvalue weighted by atomic mass is 10.0. The summed E-state index contributed by atoms with van der Waals surface area (Å²) in [6.45, 7) is -0.856. The van der Waals surface area contributed by atoms with Crippen molar-refractivity contribution in [3.05, 3.63) is 71.3 Å². The van der Waals surface area contributed by atoms with Gasteiger partial charge in [-0.25, -0.2) is 9.59 Å². The second kappa shape index (κ2) is 11.9. The normalized spacial score (nSPS) is 12.9. The second-order valence-electron chi connectivity index (χ2n) is 6.92. The van der Waals surface area contributed by atoms with Gasteiger partial charge in [0.2, 0.25) is 5.91 Å². The van der Waals surface area contributed by atoms with Crippen LogP contribution in [0.4, 0.5) is 18.0 Å². The third kappa shape index (κ3) is 8.11. The molecule has 8 nitrogen and oxygen atoms in total. The molecule has 2 atom stereocenters. The highest BCUT2D eigenvalue weighted by atomic mass is 19.4. The van der Waals surface area contributed by atoms with E-state index in [0.29, 0.717) is 11.1 Å². The lowest BCUT2D eigenvalue weighted by molar-refractivity contribution is -0.145. The number of aliphatic hydroxyl groups excluding tert-OH is 1. The van der Waals surface area contributed by atoms with Gasteiger partial charge in [0.1, 0.15) is 18.7 Å². The number of carbonyl (C=O) groups is 3. The van der Waals surface area contributed by atoms with E-state index in [0.717, 1.165) is 19.2 Å². The molecular weight excluding hydrogens is 445 g/mol. The lowest BCUT2D eigenvalue weighted by Gasteiger charge is -2.21. The fourth-order valence-electron chi connectivity index (χ4n) is 2.77. The summed E-state index contributed by atoms with van der Waals surface area (Å²) in [4.78, 5) is 36.5. The Bertz CT molecular complexity index is 935. The minimum atomic E-state index is -4.51. The first kappa shape index (κ1) is 25.7. The number of ether oxygens (including phenoxy) is 2. The zero-order chi connectivity index (χ0) is 24.4. The molecule has 2 aromatic rings. The quantitative estimate of drug-likeness (QED) is 0.487. The highest BCUT2D eigenvalue weighted by molar-refractivity contribution is 5.89. The zero-order valence-corrected chi connectivity index (χ0v) is 17.6. The Morgan fingerprint density at radius 3 is 2.12 bits per heavy atom. The van der Waals surface area contributed by atoms with Crippen molar-refractivity contribution in [3.8, 4) is 0 Å². The molecule has 178 valence electrons. The molecule has 0 aromatic heterocycles. The minimum Gasteiger partial charge on any atom is -0.467 e. The molecule has 0 aliphatic carbocycles. The third-order valence-corrected chi connectivity index (χ3v) is 4.53. The number of esters is 1. The number of rotatable bonds is 9. The molecule has 0 aliphatic rings. The summed E-state index contributed by atoms with van der Waals surface area (Å²) in [5, 5.41) is 14.0. The Labute approximate surface area is 187 Å². The fraction of sp³-hybridized carbons (Fsp3) is 0.318. The molecule has 0 aliphatic heterocycles. The molecule has 2 amide bonds. The maximum atomic E-state index is 12.7. The molecule has 11 heteroatoms. The maximum absolute atomic E-state index is 12.7. The van der Waals surface area contributed by atoms with Crippen LogP contribution in [0.2, 0.25) is 0 Å². The van der Waals surface area contributed by atoms with E-state index in [4.69, 9.17) is 4.74 Å². The highest BCUT2D eigenvalue weighted by Gasteiger charge is 2.31. The predicted molar refractivity (Wildman–Crippen MR) is 110 cm³/mol. The van der Waals surface area contributed by atoms with Crippen LogP contribution < -0.4 is 10.6 Å². The third-order valence-electron chi connectivity index (χ3n) is 4.53. The first-order chi connectivity index (χ1) is 15.6. The van der Waals surface area contributed by atoms with Crippen molar-refractivity contribution in [1.29, 1.82) is 0 Å². The number of halogens is 3. The van der Waals surface area contributed by atoms with Gasteiger partial charge in [-0.2, -0.15) is 13.2 Å². The Morgan fingerprint density at radius 1 is 0.939 bits per heavy atom. The Balaban J connectivity index is 1.98. The largest absolute Gasteiger partial charge is 0.467 e. The van der Waals surface area contributed by atoms with E-state index < -0.39 is 48.4 Å². The van der Waals surface area contributed by atoms with Crippen LogP contribution in [-0.2, 0) is 38.3 Å². The van der Waals surface area contributed by atoms with Crippen molar-refractivity contribution < 1.29 is 42.1 Å². The van der Waals surface area contributed by atoms with E-state index in [9.17, 15) is 32.7 Å². The summed E-state index contributed by atoms with van der Waals surface area (Å²) in [6.07, 6.45) is -5.65. The molecule has 3 N–H and O–H groups in total.